The van der Waals surface area contributed by atoms with Crippen molar-refractivity contribution < 1.29 is 9.47 Å². The monoisotopic (exact) mass is 266 g/mol. The van der Waals surface area contributed by atoms with Gasteiger partial charge in [0.05, 0.1) is 13.2 Å². The van der Waals surface area contributed by atoms with Crippen molar-refractivity contribution >= 4 is 16.3 Å². The standard InChI is InChI=1S/C18H18O2/c1-17(2)11-19-18(20-12-17)10-16(18)15-9-5-7-13-6-3-4-8-14(13)15/h3-10H,11-12H2,1-2H3. The zero-order chi connectivity index (χ0) is 13.8. The molecule has 102 valence electrons. The van der Waals surface area contributed by atoms with Crippen LogP contribution in [0.3, 0.4) is 0 Å². The first-order chi connectivity index (χ1) is 9.60. The van der Waals surface area contributed by atoms with Crippen LogP contribution in [0.2, 0.25) is 0 Å². The molecule has 1 saturated heterocycles. The maximum absolute atomic E-state index is 5.99. The van der Waals surface area contributed by atoms with Crippen LogP contribution in [0.4, 0.5) is 0 Å². The lowest BCUT2D eigenvalue weighted by Crippen LogP contribution is -2.40. The summed E-state index contributed by atoms with van der Waals surface area (Å²) in [4.78, 5) is 0. The van der Waals surface area contributed by atoms with E-state index in [4.69, 9.17) is 9.47 Å². The van der Waals surface area contributed by atoms with Gasteiger partial charge in [0.1, 0.15) is 0 Å². The zero-order valence-electron chi connectivity index (χ0n) is 11.8. The van der Waals surface area contributed by atoms with E-state index in [-0.39, 0.29) is 5.41 Å². The Hall–Kier alpha value is -1.64. The summed E-state index contributed by atoms with van der Waals surface area (Å²) in [6.07, 6.45) is 2.10. The largest absolute Gasteiger partial charge is 0.342 e. The molecule has 0 amide bonds. The van der Waals surface area contributed by atoms with Crippen LogP contribution in [0, 0.1) is 5.41 Å². The van der Waals surface area contributed by atoms with Crippen molar-refractivity contribution in [3.63, 3.8) is 0 Å². The number of fused-ring (bicyclic) bond motifs is 1. The fourth-order valence-electron chi connectivity index (χ4n) is 2.81. The second kappa shape index (κ2) is 3.94. The minimum atomic E-state index is -0.556. The molecular weight excluding hydrogens is 248 g/mol. The molecule has 0 radical (unpaired) electrons. The summed E-state index contributed by atoms with van der Waals surface area (Å²) in [7, 11) is 0. The van der Waals surface area contributed by atoms with Crippen molar-refractivity contribution in [1.29, 1.82) is 0 Å². The fourth-order valence-corrected chi connectivity index (χ4v) is 2.81. The maximum Gasteiger partial charge on any atom is 0.216 e. The van der Waals surface area contributed by atoms with Crippen LogP contribution >= 0.6 is 0 Å². The van der Waals surface area contributed by atoms with E-state index in [0.717, 1.165) is 13.2 Å². The predicted octanol–water partition coefficient (Wildman–Crippen LogP) is 4.01. The summed E-state index contributed by atoms with van der Waals surface area (Å²) in [5, 5.41) is 2.51. The van der Waals surface area contributed by atoms with Gasteiger partial charge >= 0.3 is 0 Å². The van der Waals surface area contributed by atoms with E-state index in [9.17, 15) is 0 Å². The van der Waals surface area contributed by atoms with Crippen molar-refractivity contribution in [2.45, 2.75) is 19.6 Å². The van der Waals surface area contributed by atoms with Crippen molar-refractivity contribution in [1.82, 2.24) is 0 Å². The molecule has 1 aliphatic carbocycles. The van der Waals surface area contributed by atoms with Crippen LogP contribution in [0.15, 0.2) is 48.5 Å². The quantitative estimate of drug-likeness (QED) is 0.776. The molecule has 0 bridgehead atoms. The number of hydrogen-bond acceptors (Lipinski definition) is 2. The van der Waals surface area contributed by atoms with Crippen molar-refractivity contribution in [3.05, 3.63) is 54.1 Å². The number of rotatable bonds is 1. The van der Waals surface area contributed by atoms with Gasteiger partial charge < -0.3 is 9.47 Å². The van der Waals surface area contributed by atoms with Crippen LogP contribution in [0.5, 0.6) is 0 Å². The Labute approximate surface area is 119 Å². The molecule has 2 aliphatic rings. The van der Waals surface area contributed by atoms with E-state index in [1.54, 1.807) is 0 Å². The average molecular weight is 266 g/mol. The first-order valence-electron chi connectivity index (χ1n) is 7.09. The average Bonchev–Trinajstić information content (AvgIpc) is 3.16. The molecule has 0 atom stereocenters. The molecule has 2 aromatic carbocycles. The van der Waals surface area contributed by atoms with E-state index in [1.165, 1.54) is 21.9 Å². The van der Waals surface area contributed by atoms with Crippen molar-refractivity contribution in [2.24, 2.45) is 5.41 Å². The molecule has 1 spiro atoms. The molecule has 2 aromatic rings. The molecule has 1 fully saturated rings. The summed E-state index contributed by atoms with van der Waals surface area (Å²) < 4.78 is 12.0. The Morgan fingerprint density at radius 1 is 0.900 bits per heavy atom. The highest BCUT2D eigenvalue weighted by Gasteiger charge is 2.52. The first kappa shape index (κ1) is 12.1. The molecule has 2 heteroatoms. The van der Waals surface area contributed by atoms with E-state index < -0.39 is 5.79 Å². The molecule has 0 N–H and O–H groups in total. The van der Waals surface area contributed by atoms with E-state index >= 15 is 0 Å². The first-order valence-corrected chi connectivity index (χ1v) is 7.09. The third-order valence-electron chi connectivity index (χ3n) is 4.06. The molecule has 0 unspecified atom stereocenters. The third-order valence-corrected chi connectivity index (χ3v) is 4.06. The molecule has 4 rings (SSSR count). The number of hydrogen-bond donors (Lipinski definition) is 0. The van der Waals surface area contributed by atoms with Crippen molar-refractivity contribution in [3.8, 4) is 0 Å². The van der Waals surface area contributed by atoms with Gasteiger partial charge in [0, 0.05) is 11.0 Å². The van der Waals surface area contributed by atoms with Gasteiger partial charge in [0.25, 0.3) is 0 Å². The topological polar surface area (TPSA) is 18.5 Å². The van der Waals surface area contributed by atoms with Crippen LogP contribution in [0.25, 0.3) is 16.3 Å². The van der Waals surface area contributed by atoms with E-state index in [0.29, 0.717) is 0 Å². The minimum absolute atomic E-state index is 0.103. The summed E-state index contributed by atoms with van der Waals surface area (Å²) in [6.45, 7) is 5.80. The molecule has 0 saturated carbocycles. The highest BCUT2D eigenvalue weighted by Crippen LogP contribution is 2.51. The summed E-state index contributed by atoms with van der Waals surface area (Å²) >= 11 is 0. The Kier molecular flexibility index (Phi) is 2.39. The lowest BCUT2D eigenvalue weighted by atomic mass is 9.95. The smallest absolute Gasteiger partial charge is 0.216 e. The summed E-state index contributed by atoms with van der Waals surface area (Å²) in [5.74, 6) is -0.556. The van der Waals surface area contributed by atoms with Crippen LogP contribution in [-0.4, -0.2) is 19.0 Å². The van der Waals surface area contributed by atoms with Gasteiger partial charge in [0.15, 0.2) is 0 Å². The lowest BCUT2D eigenvalue weighted by molar-refractivity contribution is -0.222. The zero-order valence-corrected chi connectivity index (χ0v) is 11.8. The van der Waals surface area contributed by atoms with Gasteiger partial charge in [-0.05, 0) is 22.4 Å². The molecule has 20 heavy (non-hydrogen) atoms. The van der Waals surface area contributed by atoms with Crippen LogP contribution < -0.4 is 0 Å². The molecular formula is C18H18O2. The Bertz CT molecular complexity index is 697. The molecule has 1 aliphatic heterocycles. The third kappa shape index (κ3) is 1.80. The Morgan fingerprint density at radius 2 is 1.60 bits per heavy atom. The van der Waals surface area contributed by atoms with Gasteiger partial charge in [-0.3, -0.25) is 0 Å². The SMILES string of the molecule is CC1(C)COC2(C=C2c2cccc3ccccc23)OC1. The highest BCUT2D eigenvalue weighted by atomic mass is 16.7. The number of ether oxygens (including phenoxy) is 2. The molecule has 0 aromatic heterocycles. The summed E-state index contributed by atoms with van der Waals surface area (Å²) in [6, 6.07) is 14.8. The minimum Gasteiger partial charge on any atom is -0.342 e. The molecule has 2 nitrogen and oxygen atoms in total. The lowest BCUT2D eigenvalue weighted by Gasteiger charge is -2.36. The highest BCUT2D eigenvalue weighted by molar-refractivity contribution is 6.00. The van der Waals surface area contributed by atoms with E-state index in [2.05, 4.69) is 62.4 Å². The van der Waals surface area contributed by atoms with Crippen molar-refractivity contribution in [2.75, 3.05) is 13.2 Å². The fraction of sp³-hybridized carbons (Fsp3) is 0.333. The number of benzene rings is 2. The van der Waals surface area contributed by atoms with Gasteiger partial charge in [-0.1, -0.05) is 56.3 Å². The second-order valence-corrected chi connectivity index (χ2v) is 6.49. The molecule has 1 heterocycles. The predicted molar refractivity (Wildman–Crippen MR) is 80.3 cm³/mol. The maximum atomic E-state index is 5.99. The van der Waals surface area contributed by atoms with Crippen LogP contribution in [0.1, 0.15) is 19.4 Å². The summed E-state index contributed by atoms with van der Waals surface area (Å²) in [5.41, 5.74) is 2.50. The van der Waals surface area contributed by atoms with E-state index in [1.807, 2.05) is 0 Å². The Morgan fingerprint density at radius 3 is 2.40 bits per heavy atom. The van der Waals surface area contributed by atoms with Gasteiger partial charge in [-0.25, -0.2) is 0 Å². The normalized spacial score (nSPS) is 22.8. The second-order valence-electron chi connectivity index (χ2n) is 6.49. The van der Waals surface area contributed by atoms with Gasteiger partial charge in [-0.2, -0.15) is 0 Å². The van der Waals surface area contributed by atoms with Crippen LogP contribution in [-0.2, 0) is 9.47 Å². The Balaban J connectivity index is 1.68. The van der Waals surface area contributed by atoms with Gasteiger partial charge in [0.2, 0.25) is 5.79 Å². The van der Waals surface area contributed by atoms with Gasteiger partial charge in [-0.15, -0.1) is 0 Å².